The minimum absolute atomic E-state index is 0.0568. The lowest BCUT2D eigenvalue weighted by atomic mass is 10.0. The first kappa shape index (κ1) is 25.6. The van der Waals surface area contributed by atoms with E-state index in [1.165, 1.54) is 0 Å². The van der Waals surface area contributed by atoms with Gasteiger partial charge in [-0.2, -0.15) is 0 Å². The van der Waals surface area contributed by atoms with Crippen molar-refractivity contribution in [2.75, 3.05) is 18.0 Å². The average molecular weight is 579 g/mol. The Hall–Kier alpha value is -3.72. The first-order chi connectivity index (χ1) is 19.0. The number of halogens is 3. The number of rotatable bonds is 5. The maximum atomic E-state index is 12.6. The average Bonchev–Trinajstić information content (AvgIpc) is 3.34. The predicted molar refractivity (Wildman–Crippen MR) is 154 cm³/mol. The summed E-state index contributed by atoms with van der Waals surface area (Å²) >= 11 is 19.0. The second-order valence-corrected chi connectivity index (χ2v) is 10.5. The largest absolute Gasteiger partial charge is 0.355 e. The number of piperidine rings is 1. The highest BCUT2D eigenvalue weighted by Gasteiger charge is 2.26. The summed E-state index contributed by atoms with van der Waals surface area (Å²) in [5.74, 6) is 1.24. The van der Waals surface area contributed by atoms with Gasteiger partial charge in [0.1, 0.15) is 12.2 Å². The molecule has 0 aliphatic carbocycles. The number of pyridine rings is 1. The van der Waals surface area contributed by atoms with Crippen LogP contribution in [0.25, 0.3) is 28.2 Å². The number of aromatic nitrogens is 5. The third-order valence-corrected chi connectivity index (χ3v) is 7.54. The molecule has 5 aromatic rings. The Balaban J connectivity index is 1.34. The Morgan fingerprint density at radius 3 is 2.44 bits per heavy atom. The fourth-order valence-electron chi connectivity index (χ4n) is 4.80. The van der Waals surface area contributed by atoms with E-state index in [0.717, 1.165) is 29.9 Å². The van der Waals surface area contributed by atoms with E-state index in [2.05, 4.69) is 25.2 Å². The first-order valence-electron chi connectivity index (χ1n) is 12.4. The molecule has 0 bridgehead atoms. The molecule has 0 unspecified atom stereocenters. The summed E-state index contributed by atoms with van der Waals surface area (Å²) in [6.45, 7) is 1.41. The molecule has 6 rings (SSSR count). The molecular weight excluding hydrogens is 557 g/mol. The monoisotopic (exact) mass is 577 g/mol. The quantitative estimate of drug-likeness (QED) is 0.266. The Kier molecular flexibility index (Phi) is 7.08. The highest BCUT2D eigenvalue weighted by Crippen LogP contribution is 2.36. The van der Waals surface area contributed by atoms with Gasteiger partial charge in [0.25, 0.3) is 5.91 Å². The van der Waals surface area contributed by atoms with E-state index in [0.29, 0.717) is 50.7 Å². The molecule has 11 heteroatoms. The van der Waals surface area contributed by atoms with Crippen LogP contribution in [0, 0.1) is 0 Å². The van der Waals surface area contributed by atoms with Crippen LogP contribution >= 0.6 is 34.8 Å². The number of amides is 1. The van der Waals surface area contributed by atoms with Crippen LogP contribution in [0.3, 0.4) is 0 Å². The lowest BCUT2D eigenvalue weighted by Crippen LogP contribution is -2.45. The summed E-state index contributed by atoms with van der Waals surface area (Å²) < 4.78 is 1.95. The number of anilines is 1. The summed E-state index contributed by atoms with van der Waals surface area (Å²) in [6.07, 6.45) is 6.31. The number of nitrogens with zero attached hydrogens (tertiary/aromatic N) is 6. The lowest BCUT2D eigenvalue weighted by Gasteiger charge is -2.33. The van der Waals surface area contributed by atoms with Gasteiger partial charge >= 0.3 is 0 Å². The van der Waals surface area contributed by atoms with Crippen LogP contribution in [0.15, 0.2) is 73.3 Å². The molecule has 1 amide bonds. The molecule has 0 atom stereocenters. The Labute approximate surface area is 239 Å². The second-order valence-electron chi connectivity index (χ2n) is 9.22. The minimum Gasteiger partial charge on any atom is -0.355 e. The van der Waals surface area contributed by atoms with Crippen LogP contribution in [-0.2, 0) is 0 Å². The molecule has 0 spiro atoms. The number of carbonyl (C=O) groups is 1. The van der Waals surface area contributed by atoms with Crippen LogP contribution < -0.4 is 10.2 Å². The molecule has 8 nitrogen and oxygen atoms in total. The number of hydrogen-bond donors (Lipinski definition) is 1. The molecule has 1 aliphatic heterocycles. The summed E-state index contributed by atoms with van der Waals surface area (Å²) in [5, 5.41) is 4.77. The van der Waals surface area contributed by atoms with Crippen molar-refractivity contribution in [3.8, 4) is 17.1 Å². The molecule has 196 valence electrons. The van der Waals surface area contributed by atoms with Crippen molar-refractivity contribution < 1.29 is 4.79 Å². The predicted octanol–water partition coefficient (Wildman–Crippen LogP) is 6.24. The van der Waals surface area contributed by atoms with Crippen molar-refractivity contribution in [2.45, 2.75) is 18.9 Å². The normalized spacial score (nSPS) is 14.1. The van der Waals surface area contributed by atoms with E-state index in [9.17, 15) is 4.79 Å². The second kappa shape index (κ2) is 10.8. The first-order valence-corrected chi connectivity index (χ1v) is 13.5. The third-order valence-electron chi connectivity index (χ3n) is 6.74. The van der Waals surface area contributed by atoms with E-state index in [1.54, 1.807) is 43.0 Å². The molecule has 1 saturated heterocycles. The molecule has 1 N–H and O–H groups in total. The lowest BCUT2D eigenvalue weighted by molar-refractivity contribution is 0.0930. The highest BCUT2D eigenvalue weighted by atomic mass is 35.5. The molecule has 1 aliphatic rings. The number of carbonyl (C=O) groups excluding carboxylic acids is 1. The van der Waals surface area contributed by atoms with E-state index < -0.39 is 0 Å². The number of fused-ring (bicyclic) bond motifs is 1. The summed E-state index contributed by atoms with van der Waals surface area (Å²) in [4.78, 5) is 33.1. The SMILES string of the molecule is O=C(NC1CCN(c2ncnc3c2nc(-c2ccc(Cl)cc2Cl)n3-c2ccc(Cl)cc2)CC1)c1cccnc1. The van der Waals surface area contributed by atoms with Gasteiger partial charge in [-0.05, 0) is 67.4 Å². The van der Waals surface area contributed by atoms with Crippen molar-refractivity contribution in [1.29, 1.82) is 0 Å². The topological polar surface area (TPSA) is 88.8 Å². The number of imidazole rings is 1. The van der Waals surface area contributed by atoms with Crippen molar-refractivity contribution in [3.63, 3.8) is 0 Å². The fourth-order valence-corrected chi connectivity index (χ4v) is 5.42. The Morgan fingerprint density at radius 2 is 1.72 bits per heavy atom. The van der Waals surface area contributed by atoms with Crippen LogP contribution in [0.4, 0.5) is 5.82 Å². The maximum Gasteiger partial charge on any atom is 0.253 e. The zero-order chi connectivity index (χ0) is 26.9. The fraction of sp³-hybridized carbons (Fsp3) is 0.179. The van der Waals surface area contributed by atoms with Gasteiger partial charge in [0.2, 0.25) is 0 Å². The van der Waals surface area contributed by atoms with Gasteiger partial charge in [0.15, 0.2) is 17.0 Å². The van der Waals surface area contributed by atoms with Crippen molar-refractivity contribution in [2.24, 2.45) is 0 Å². The number of nitrogens with one attached hydrogen (secondary N) is 1. The van der Waals surface area contributed by atoms with Crippen molar-refractivity contribution >= 4 is 57.7 Å². The van der Waals surface area contributed by atoms with Gasteiger partial charge in [-0.25, -0.2) is 15.0 Å². The molecule has 0 radical (unpaired) electrons. The van der Waals surface area contributed by atoms with E-state index in [4.69, 9.17) is 39.8 Å². The zero-order valence-electron chi connectivity index (χ0n) is 20.6. The van der Waals surface area contributed by atoms with Crippen LogP contribution in [-0.4, -0.2) is 49.5 Å². The highest BCUT2D eigenvalue weighted by molar-refractivity contribution is 6.36. The Morgan fingerprint density at radius 1 is 0.949 bits per heavy atom. The smallest absolute Gasteiger partial charge is 0.253 e. The van der Waals surface area contributed by atoms with E-state index >= 15 is 0 Å². The van der Waals surface area contributed by atoms with Crippen molar-refractivity contribution in [3.05, 3.63) is 93.9 Å². The van der Waals surface area contributed by atoms with Gasteiger partial charge in [-0.1, -0.05) is 34.8 Å². The minimum atomic E-state index is -0.114. The van der Waals surface area contributed by atoms with Crippen LogP contribution in [0.1, 0.15) is 23.2 Å². The van der Waals surface area contributed by atoms with Crippen LogP contribution in [0.2, 0.25) is 15.1 Å². The van der Waals surface area contributed by atoms with Gasteiger partial charge in [0.05, 0.1) is 10.6 Å². The molecule has 4 heterocycles. The van der Waals surface area contributed by atoms with Gasteiger partial charge in [0, 0.05) is 52.8 Å². The summed E-state index contributed by atoms with van der Waals surface area (Å²) in [5.41, 5.74) is 3.42. The Bertz CT molecular complexity index is 1650. The molecule has 1 fully saturated rings. The summed E-state index contributed by atoms with van der Waals surface area (Å²) in [7, 11) is 0. The van der Waals surface area contributed by atoms with Gasteiger partial charge < -0.3 is 10.2 Å². The standard InChI is InChI=1S/C28H22Cl3N7O/c29-18-3-6-21(7-4-18)38-25(22-8-5-19(30)14-23(22)31)36-24-26(33-16-34-27(24)38)37-12-9-20(10-13-37)35-28(39)17-2-1-11-32-15-17/h1-8,11,14-16,20H,9-10,12-13H2,(H,35,39). The summed E-state index contributed by atoms with van der Waals surface area (Å²) in [6, 6.07) is 16.4. The third kappa shape index (κ3) is 5.15. The molecule has 3 aromatic heterocycles. The van der Waals surface area contributed by atoms with Gasteiger partial charge in [-0.3, -0.25) is 14.3 Å². The van der Waals surface area contributed by atoms with E-state index in [-0.39, 0.29) is 11.9 Å². The molecule has 0 saturated carbocycles. The molecule has 2 aromatic carbocycles. The molecular formula is C28H22Cl3N7O. The van der Waals surface area contributed by atoms with Crippen molar-refractivity contribution in [1.82, 2.24) is 29.8 Å². The van der Waals surface area contributed by atoms with E-state index in [1.807, 2.05) is 34.9 Å². The van der Waals surface area contributed by atoms with Crippen LogP contribution in [0.5, 0.6) is 0 Å². The zero-order valence-corrected chi connectivity index (χ0v) is 22.8. The van der Waals surface area contributed by atoms with Gasteiger partial charge in [-0.15, -0.1) is 0 Å². The maximum absolute atomic E-state index is 12.6. The number of hydrogen-bond acceptors (Lipinski definition) is 6. The molecule has 39 heavy (non-hydrogen) atoms. The number of benzene rings is 2.